The van der Waals surface area contributed by atoms with Crippen LogP contribution in [-0.2, 0) is 15.7 Å². The highest BCUT2D eigenvalue weighted by Gasteiger charge is 2.32. The van der Waals surface area contributed by atoms with Crippen molar-refractivity contribution in [2.24, 2.45) is 5.92 Å². The molecular weight excluding hydrogens is 375 g/mol. The van der Waals surface area contributed by atoms with Crippen molar-refractivity contribution < 1.29 is 31.9 Å². The molecule has 2 heterocycles. The first-order valence-corrected chi connectivity index (χ1v) is 9.03. The SMILES string of the molecule is CCOC(=O)[C@@H]1CCCN(C(=O)c2ccc(-c3cccc(C(F)(F)F)c3)o2)C1. The number of furan rings is 1. The highest BCUT2D eigenvalue weighted by Crippen LogP contribution is 2.33. The standard InChI is InChI=1S/C20H20F3NO4/c1-2-27-19(26)14-6-4-10-24(12-14)18(25)17-9-8-16(28-17)13-5-3-7-15(11-13)20(21,22)23/h3,5,7-9,11,14H,2,4,6,10,12H2,1H3/t14-/m1/s1. The molecule has 1 saturated heterocycles. The van der Waals surface area contributed by atoms with Crippen LogP contribution in [0.5, 0.6) is 0 Å². The smallest absolute Gasteiger partial charge is 0.416 e. The number of carbonyl (C=O) groups is 2. The molecule has 0 unspecified atom stereocenters. The van der Waals surface area contributed by atoms with Gasteiger partial charge < -0.3 is 14.1 Å². The number of nitrogens with zero attached hydrogens (tertiary/aromatic N) is 1. The van der Waals surface area contributed by atoms with Crippen LogP contribution in [0.2, 0.25) is 0 Å². The van der Waals surface area contributed by atoms with Gasteiger partial charge in [-0.3, -0.25) is 9.59 Å². The second-order valence-electron chi connectivity index (χ2n) is 6.58. The van der Waals surface area contributed by atoms with E-state index in [9.17, 15) is 22.8 Å². The summed E-state index contributed by atoms with van der Waals surface area (Å²) >= 11 is 0. The van der Waals surface area contributed by atoms with Crippen molar-refractivity contribution in [3.63, 3.8) is 0 Å². The van der Waals surface area contributed by atoms with Gasteiger partial charge in [0.05, 0.1) is 18.1 Å². The minimum Gasteiger partial charge on any atom is -0.466 e. The molecule has 5 nitrogen and oxygen atoms in total. The zero-order valence-corrected chi connectivity index (χ0v) is 15.3. The maximum Gasteiger partial charge on any atom is 0.416 e. The number of hydrogen-bond donors (Lipinski definition) is 0. The van der Waals surface area contributed by atoms with Gasteiger partial charge in [0.2, 0.25) is 0 Å². The zero-order chi connectivity index (χ0) is 20.3. The number of rotatable bonds is 4. The lowest BCUT2D eigenvalue weighted by Crippen LogP contribution is -2.42. The summed E-state index contributed by atoms with van der Waals surface area (Å²) in [6.45, 7) is 2.72. The second kappa shape index (κ2) is 8.08. The maximum absolute atomic E-state index is 12.9. The molecule has 28 heavy (non-hydrogen) atoms. The number of carbonyl (C=O) groups excluding carboxylic acids is 2. The first kappa shape index (κ1) is 20.0. The van der Waals surface area contributed by atoms with Crippen molar-refractivity contribution in [3.05, 3.63) is 47.7 Å². The monoisotopic (exact) mass is 395 g/mol. The summed E-state index contributed by atoms with van der Waals surface area (Å²) in [5, 5.41) is 0. The van der Waals surface area contributed by atoms with Crippen LogP contribution in [0.3, 0.4) is 0 Å². The average molecular weight is 395 g/mol. The molecule has 1 amide bonds. The van der Waals surface area contributed by atoms with E-state index in [2.05, 4.69) is 0 Å². The molecule has 2 aromatic rings. The maximum atomic E-state index is 12.9. The molecule has 8 heteroatoms. The molecular formula is C20H20F3NO4. The number of ether oxygens (including phenoxy) is 1. The second-order valence-corrected chi connectivity index (χ2v) is 6.58. The first-order chi connectivity index (χ1) is 13.3. The highest BCUT2D eigenvalue weighted by atomic mass is 19.4. The van der Waals surface area contributed by atoms with Gasteiger partial charge in [-0.15, -0.1) is 0 Å². The zero-order valence-electron chi connectivity index (χ0n) is 15.3. The highest BCUT2D eigenvalue weighted by molar-refractivity contribution is 5.92. The number of likely N-dealkylation sites (tertiary alicyclic amines) is 1. The fourth-order valence-corrected chi connectivity index (χ4v) is 3.23. The summed E-state index contributed by atoms with van der Waals surface area (Å²) in [5.74, 6) is -0.905. The Morgan fingerprint density at radius 3 is 2.75 bits per heavy atom. The van der Waals surface area contributed by atoms with E-state index in [1.165, 1.54) is 29.2 Å². The lowest BCUT2D eigenvalue weighted by Gasteiger charge is -2.30. The molecule has 0 bridgehead atoms. The predicted molar refractivity (Wildman–Crippen MR) is 94.4 cm³/mol. The third-order valence-corrected chi connectivity index (χ3v) is 4.62. The van der Waals surface area contributed by atoms with Crippen LogP contribution >= 0.6 is 0 Å². The molecule has 1 aliphatic heterocycles. The van der Waals surface area contributed by atoms with Gasteiger partial charge in [0, 0.05) is 18.7 Å². The Morgan fingerprint density at radius 2 is 2.04 bits per heavy atom. The van der Waals surface area contributed by atoms with Crippen LogP contribution < -0.4 is 0 Å². The van der Waals surface area contributed by atoms with Crippen molar-refractivity contribution >= 4 is 11.9 Å². The molecule has 1 aromatic carbocycles. The lowest BCUT2D eigenvalue weighted by atomic mass is 9.98. The fraction of sp³-hybridized carbons (Fsp3) is 0.400. The Hall–Kier alpha value is -2.77. The summed E-state index contributed by atoms with van der Waals surface area (Å²) in [6, 6.07) is 7.63. The molecule has 150 valence electrons. The molecule has 1 aliphatic rings. The summed E-state index contributed by atoms with van der Waals surface area (Å²) < 4.78 is 49.2. The van der Waals surface area contributed by atoms with Gasteiger partial charge >= 0.3 is 12.1 Å². The van der Waals surface area contributed by atoms with Gasteiger partial charge in [0.1, 0.15) is 5.76 Å². The van der Waals surface area contributed by atoms with Crippen LogP contribution in [0.1, 0.15) is 35.9 Å². The van der Waals surface area contributed by atoms with E-state index >= 15 is 0 Å². The first-order valence-electron chi connectivity index (χ1n) is 9.03. The average Bonchev–Trinajstić information content (AvgIpc) is 3.17. The molecule has 0 N–H and O–H groups in total. The topological polar surface area (TPSA) is 59.8 Å². The van der Waals surface area contributed by atoms with E-state index in [4.69, 9.17) is 9.15 Å². The summed E-state index contributed by atoms with van der Waals surface area (Å²) in [4.78, 5) is 26.1. The predicted octanol–water partition coefficient (Wildman–Crippen LogP) is 4.38. The molecule has 0 aliphatic carbocycles. The van der Waals surface area contributed by atoms with Crippen molar-refractivity contribution in [2.45, 2.75) is 25.9 Å². The van der Waals surface area contributed by atoms with Gasteiger partial charge in [-0.1, -0.05) is 12.1 Å². The Kier molecular flexibility index (Phi) is 5.76. The van der Waals surface area contributed by atoms with Gasteiger partial charge in [0.15, 0.2) is 5.76 Å². The van der Waals surface area contributed by atoms with E-state index in [1.807, 2.05) is 0 Å². The van der Waals surface area contributed by atoms with Gasteiger partial charge in [-0.25, -0.2) is 0 Å². The fourth-order valence-electron chi connectivity index (χ4n) is 3.23. The summed E-state index contributed by atoms with van der Waals surface area (Å²) in [5.41, 5.74) is -0.556. The third-order valence-electron chi connectivity index (χ3n) is 4.62. The van der Waals surface area contributed by atoms with E-state index in [0.29, 0.717) is 19.4 Å². The van der Waals surface area contributed by atoms with Crippen LogP contribution in [0.15, 0.2) is 40.8 Å². The van der Waals surface area contributed by atoms with Crippen molar-refractivity contribution in [3.8, 4) is 11.3 Å². The third kappa shape index (κ3) is 4.37. The molecule has 0 spiro atoms. The quantitative estimate of drug-likeness (QED) is 0.721. The summed E-state index contributed by atoms with van der Waals surface area (Å²) in [7, 11) is 0. The minimum atomic E-state index is -4.46. The number of halogens is 3. The number of alkyl halides is 3. The minimum absolute atomic E-state index is 0.0249. The summed E-state index contributed by atoms with van der Waals surface area (Å²) in [6.07, 6.45) is -3.15. The number of benzene rings is 1. The Morgan fingerprint density at radius 1 is 1.25 bits per heavy atom. The van der Waals surface area contributed by atoms with Crippen LogP contribution in [0.4, 0.5) is 13.2 Å². The van der Waals surface area contributed by atoms with Gasteiger partial charge in [0.25, 0.3) is 5.91 Å². The van der Waals surface area contributed by atoms with E-state index in [1.54, 1.807) is 6.92 Å². The van der Waals surface area contributed by atoms with E-state index in [-0.39, 0.29) is 42.1 Å². The van der Waals surface area contributed by atoms with Crippen LogP contribution in [-0.4, -0.2) is 36.5 Å². The molecule has 3 rings (SSSR count). The number of esters is 1. The van der Waals surface area contributed by atoms with Crippen molar-refractivity contribution in [1.82, 2.24) is 4.90 Å². The van der Waals surface area contributed by atoms with E-state index < -0.39 is 17.6 Å². The van der Waals surface area contributed by atoms with Gasteiger partial charge in [-0.05, 0) is 44.0 Å². The van der Waals surface area contributed by atoms with Gasteiger partial charge in [-0.2, -0.15) is 13.2 Å². The van der Waals surface area contributed by atoms with Crippen molar-refractivity contribution in [2.75, 3.05) is 19.7 Å². The molecule has 1 aromatic heterocycles. The van der Waals surface area contributed by atoms with Crippen LogP contribution in [0.25, 0.3) is 11.3 Å². The normalized spacial score (nSPS) is 17.4. The largest absolute Gasteiger partial charge is 0.466 e. The molecule has 1 atom stereocenters. The Balaban J connectivity index is 1.75. The lowest BCUT2D eigenvalue weighted by molar-refractivity contribution is -0.149. The Bertz CT molecular complexity index is 859. The number of piperidine rings is 1. The molecule has 1 fully saturated rings. The number of hydrogen-bond acceptors (Lipinski definition) is 4. The molecule has 0 radical (unpaired) electrons. The Labute approximate surface area is 160 Å². The number of amides is 1. The van der Waals surface area contributed by atoms with E-state index in [0.717, 1.165) is 12.1 Å². The van der Waals surface area contributed by atoms with Crippen molar-refractivity contribution in [1.29, 1.82) is 0 Å². The molecule has 0 saturated carbocycles. The van der Waals surface area contributed by atoms with Crippen LogP contribution in [0, 0.1) is 5.92 Å².